The quantitative estimate of drug-likeness (QED) is 0.836. The second-order valence-corrected chi connectivity index (χ2v) is 4.96. The molecule has 0 radical (unpaired) electrons. The summed E-state index contributed by atoms with van der Waals surface area (Å²) in [6, 6.07) is 0.669. The molecule has 1 aromatic heterocycles. The molecule has 3 nitrogen and oxygen atoms in total. The van der Waals surface area contributed by atoms with Crippen LogP contribution in [-0.2, 0) is 0 Å². The van der Waals surface area contributed by atoms with E-state index in [2.05, 4.69) is 15.3 Å². The second kappa shape index (κ2) is 4.94. The Morgan fingerprint density at radius 3 is 2.87 bits per heavy atom. The van der Waals surface area contributed by atoms with Crippen LogP contribution in [0.25, 0.3) is 0 Å². The van der Waals surface area contributed by atoms with Crippen molar-refractivity contribution in [2.75, 3.05) is 18.1 Å². The minimum atomic E-state index is 0.271. The number of hydrogen-bond donors (Lipinski definition) is 1. The molecule has 1 saturated carbocycles. The second-order valence-electron chi connectivity index (χ2n) is 4.13. The third-order valence-corrected chi connectivity index (χ3v) is 3.92. The predicted octanol–water partition coefficient (Wildman–Crippen LogP) is 2.19. The van der Waals surface area contributed by atoms with Gasteiger partial charge in [0.25, 0.3) is 0 Å². The van der Waals surface area contributed by atoms with Gasteiger partial charge in [-0.1, -0.05) is 0 Å². The van der Waals surface area contributed by atoms with Crippen LogP contribution in [0.5, 0.6) is 0 Å². The van der Waals surface area contributed by atoms with Crippen molar-refractivity contribution in [2.24, 2.45) is 0 Å². The van der Waals surface area contributed by atoms with Gasteiger partial charge < -0.3 is 10.0 Å². The van der Waals surface area contributed by atoms with Crippen LogP contribution in [0.1, 0.15) is 31.4 Å². The average molecular weight is 226 g/mol. The highest BCUT2D eigenvalue weighted by Gasteiger charge is 2.26. The Morgan fingerprint density at radius 2 is 2.40 bits per heavy atom. The summed E-state index contributed by atoms with van der Waals surface area (Å²) in [7, 11) is 0. The number of nitrogens with zero attached hydrogens (tertiary/aromatic N) is 2. The fraction of sp³-hybridized carbons (Fsp3) is 0.727. The number of rotatable bonds is 5. The van der Waals surface area contributed by atoms with Crippen molar-refractivity contribution >= 4 is 16.5 Å². The van der Waals surface area contributed by atoms with Gasteiger partial charge >= 0.3 is 0 Å². The van der Waals surface area contributed by atoms with E-state index in [1.54, 1.807) is 11.3 Å². The van der Waals surface area contributed by atoms with Crippen LogP contribution < -0.4 is 4.90 Å². The largest absolute Gasteiger partial charge is 0.396 e. The third kappa shape index (κ3) is 2.49. The van der Waals surface area contributed by atoms with Gasteiger partial charge in [-0.15, -0.1) is 11.3 Å². The highest BCUT2D eigenvalue weighted by atomic mass is 32.1. The van der Waals surface area contributed by atoms with Gasteiger partial charge in [0.1, 0.15) is 0 Å². The molecule has 0 unspecified atom stereocenters. The van der Waals surface area contributed by atoms with Crippen LogP contribution >= 0.6 is 11.3 Å². The Labute approximate surface area is 94.8 Å². The fourth-order valence-electron chi connectivity index (χ4n) is 1.85. The first kappa shape index (κ1) is 10.9. The van der Waals surface area contributed by atoms with Crippen molar-refractivity contribution in [1.29, 1.82) is 0 Å². The summed E-state index contributed by atoms with van der Waals surface area (Å²) >= 11 is 1.72. The number of aromatic nitrogens is 1. The van der Waals surface area contributed by atoms with Crippen LogP contribution in [0.4, 0.5) is 5.13 Å². The molecule has 1 aromatic rings. The minimum Gasteiger partial charge on any atom is -0.396 e. The van der Waals surface area contributed by atoms with E-state index in [4.69, 9.17) is 5.11 Å². The van der Waals surface area contributed by atoms with E-state index in [0.717, 1.165) is 23.8 Å². The molecule has 15 heavy (non-hydrogen) atoms. The van der Waals surface area contributed by atoms with Gasteiger partial charge in [0.05, 0.1) is 5.69 Å². The van der Waals surface area contributed by atoms with Crippen molar-refractivity contribution in [2.45, 2.75) is 38.6 Å². The lowest BCUT2D eigenvalue weighted by molar-refractivity contribution is 0.283. The first-order valence-corrected chi connectivity index (χ1v) is 6.49. The Balaban J connectivity index is 2.03. The number of hydrogen-bond acceptors (Lipinski definition) is 4. The van der Waals surface area contributed by atoms with E-state index in [1.807, 2.05) is 6.92 Å². The Bertz CT molecular complexity index is 309. The van der Waals surface area contributed by atoms with Crippen molar-refractivity contribution in [3.8, 4) is 0 Å². The molecule has 0 aromatic carbocycles. The lowest BCUT2D eigenvalue weighted by Gasteiger charge is -2.37. The summed E-state index contributed by atoms with van der Waals surface area (Å²) in [5, 5.41) is 12.1. The minimum absolute atomic E-state index is 0.271. The molecule has 84 valence electrons. The summed E-state index contributed by atoms with van der Waals surface area (Å²) in [5.41, 5.74) is 1.10. The zero-order valence-corrected chi connectivity index (χ0v) is 9.96. The molecule has 0 atom stereocenters. The van der Waals surface area contributed by atoms with E-state index in [9.17, 15) is 0 Å². The van der Waals surface area contributed by atoms with Crippen LogP contribution in [0.15, 0.2) is 5.38 Å². The molecule has 0 spiro atoms. The zero-order valence-electron chi connectivity index (χ0n) is 9.15. The van der Waals surface area contributed by atoms with Gasteiger partial charge in [0.2, 0.25) is 0 Å². The topological polar surface area (TPSA) is 36.4 Å². The lowest BCUT2D eigenvalue weighted by Crippen LogP contribution is -2.41. The van der Waals surface area contributed by atoms with Gasteiger partial charge in [0.15, 0.2) is 5.13 Å². The highest BCUT2D eigenvalue weighted by molar-refractivity contribution is 7.13. The molecule has 0 bridgehead atoms. The molecule has 4 heteroatoms. The Kier molecular flexibility index (Phi) is 3.59. The first-order chi connectivity index (χ1) is 7.31. The number of aliphatic hydroxyl groups is 1. The average Bonchev–Trinajstić information content (AvgIpc) is 2.56. The third-order valence-electron chi connectivity index (χ3n) is 2.93. The van der Waals surface area contributed by atoms with E-state index in [0.29, 0.717) is 6.04 Å². The summed E-state index contributed by atoms with van der Waals surface area (Å²) in [6.07, 6.45) is 4.74. The van der Waals surface area contributed by atoms with Crippen molar-refractivity contribution in [3.63, 3.8) is 0 Å². The molecule has 0 aliphatic heterocycles. The Hall–Kier alpha value is -0.610. The van der Waals surface area contributed by atoms with Gasteiger partial charge in [-0.25, -0.2) is 4.98 Å². The van der Waals surface area contributed by atoms with Gasteiger partial charge in [-0.05, 0) is 32.6 Å². The van der Waals surface area contributed by atoms with Gasteiger partial charge in [-0.2, -0.15) is 0 Å². The van der Waals surface area contributed by atoms with Crippen LogP contribution in [0.3, 0.4) is 0 Å². The van der Waals surface area contributed by atoms with Crippen LogP contribution in [0.2, 0.25) is 0 Å². The van der Waals surface area contributed by atoms with Crippen molar-refractivity contribution in [1.82, 2.24) is 4.98 Å². The van der Waals surface area contributed by atoms with E-state index < -0.39 is 0 Å². The monoisotopic (exact) mass is 226 g/mol. The zero-order chi connectivity index (χ0) is 10.7. The molecule has 1 heterocycles. The van der Waals surface area contributed by atoms with E-state index >= 15 is 0 Å². The summed E-state index contributed by atoms with van der Waals surface area (Å²) < 4.78 is 0. The number of aliphatic hydroxyl groups excluding tert-OH is 1. The van der Waals surface area contributed by atoms with Crippen molar-refractivity contribution < 1.29 is 5.11 Å². The van der Waals surface area contributed by atoms with Gasteiger partial charge in [-0.3, -0.25) is 0 Å². The SMILES string of the molecule is Cc1csc(N(CCCO)C2CCC2)n1. The van der Waals surface area contributed by atoms with Crippen molar-refractivity contribution in [3.05, 3.63) is 11.1 Å². The number of aryl methyl sites for hydroxylation is 1. The van der Waals surface area contributed by atoms with Gasteiger partial charge in [0, 0.05) is 24.6 Å². The molecular weight excluding hydrogens is 208 g/mol. The smallest absolute Gasteiger partial charge is 0.185 e. The standard InChI is InChI=1S/C11H18N2OS/c1-9-8-15-11(12-9)13(6-3-7-14)10-4-2-5-10/h8,10,14H,2-7H2,1H3. The highest BCUT2D eigenvalue weighted by Crippen LogP contribution is 2.31. The molecule has 0 amide bonds. The summed E-state index contributed by atoms with van der Waals surface area (Å²) in [5.74, 6) is 0. The maximum absolute atomic E-state index is 8.90. The summed E-state index contributed by atoms with van der Waals surface area (Å²) in [6.45, 7) is 3.24. The molecular formula is C11H18N2OS. The summed E-state index contributed by atoms with van der Waals surface area (Å²) in [4.78, 5) is 6.90. The lowest BCUT2D eigenvalue weighted by atomic mass is 9.92. The van der Waals surface area contributed by atoms with E-state index in [1.165, 1.54) is 19.3 Å². The molecule has 1 aliphatic rings. The number of anilines is 1. The molecule has 2 rings (SSSR count). The first-order valence-electron chi connectivity index (χ1n) is 5.61. The van der Waals surface area contributed by atoms with Crippen LogP contribution in [0, 0.1) is 6.92 Å². The number of thiazole rings is 1. The molecule has 1 N–H and O–H groups in total. The maximum atomic E-state index is 8.90. The van der Waals surface area contributed by atoms with E-state index in [-0.39, 0.29) is 6.61 Å². The fourth-order valence-corrected chi connectivity index (χ4v) is 2.75. The maximum Gasteiger partial charge on any atom is 0.185 e. The Morgan fingerprint density at radius 1 is 1.60 bits per heavy atom. The van der Waals surface area contributed by atoms with Crippen LogP contribution in [-0.4, -0.2) is 29.3 Å². The molecule has 1 fully saturated rings. The normalized spacial score (nSPS) is 16.4. The predicted molar refractivity (Wildman–Crippen MR) is 63.5 cm³/mol. The molecule has 0 saturated heterocycles. The molecule has 1 aliphatic carbocycles.